The molecule has 0 radical (unpaired) electrons. The number of hydrogen-bond acceptors (Lipinski definition) is 4. The van der Waals surface area contributed by atoms with Gasteiger partial charge in [0.2, 0.25) is 0 Å². The monoisotopic (exact) mass is 200 g/mol. The predicted molar refractivity (Wildman–Crippen MR) is 45.4 cm³/mol. The van der Waals surface area contributed by atoms with E-state index in [2.05, 4.69) is 10.1 Å². The van der Waals surface area contributed by atoms with Crippen LogP contribution in [0.1, 0.15) is 16.1 Å². The van der Waals surface area contributed by atoms with Gasteiger partial charge in [0, 0.05) is 11.8 Å². The molecule has 68 valence electrons. The highest BCUT2D eigenvalue weighted by atomic mass is 35.5. The van der Waals surface area contributed by atoms with Crippen molar-refractivity contribution in [1.29, 1.82) is 0 Å². The molecule has 0 spiro atoms. The number of pyridine rings is 1. The maximum atomic E-state index is 10.4. The van der Waals surface area contributed by atoms with Gasteiger partial charge in [-0.15, -0.1) is 0 Å². The second kappa shape index (κ2) is 3.86. The summed E-state index contributed by atoms with van der Waals surface area (Å²) in [5, 5.41) is 19.4. The van der Waals surface area contributed by atoms with Gasteiger partial charge in [-0.05, 0) is 12.1 Å². The molecule has 2 N–H and O–H groups in total. The molecule has 0 fully saturated rings. The van der Waals surface area contributed by atoms with Crippen molar-refractivity contribution in [2.75, 3.05) is 0 Å². The Bertz CT molecular complexity index is 347. The maximum absolute atomic E-state index is 10.4. The molecule has 0 atom stereocenters. The molecule has 1 heterocycles. The largest absolute Gasteiger partial charge is 0.477 e. The number of aromatic nitrogens is 1. The van der Waals surface area contributed by atoms with E-state index in [1.54, 1.807) is 0 Å². The van der Waals surface area contributed by atoms with Crippen LogP contribution < -0.4 is 0 Å². The molecule has 0 saturated carbocycles. The van der Waals surface area contributed by atoms with Crippen LogP contribution in [0.4, 0.5) is 0 Å². The Morgan fingerprint density at radius 2 is 2.23 bits per heavy atom. The van der Waals surface area contributed by atoms with E-state index in [1.807, 2.05) is 0 Å². The lowest BCUT2D eigenvalue weighted by atomic mass is 10.2. The molecule has 0 aliphatic rings. The number of carboxylic acid groups (broad SMARTS) is 1. The summed E-state index contributed by atoms with van der Waals surface area (Å²) in [5.41, 5.74) is 0.264. The minimum Gasteiger partial charge on any atom is -0.477 e. The van der Waals surface area contributed by atoms with Crippen molar-refractivity contribution in [3.8, 4) is 0 Å². The lowest BCUT2D eigenvalue weighted by molar-refractivity contribution is 0.0690. The third-order valence-corrected chi connectivity index (χ3v) is 1.60. The second-order valence-electron chi connectivity index (χ2n) is 2.13. The Kier molecular flexibility index (Phi) is 2.81. The van der Waals surface area contributed by atoms with Gasteiger partial charge < -0.3 is 10.3 Å². The molecule has 1 rings (SSSR count). The Morgan fingerprint density at radius 1 is 1.54 bits per heavy atom. The molecule has 0 amide bonds. The van der Waals surface area contributed by atoms with E-state index in [0.29, 0.717) is 5.56 Å². The number of aromatic carboxylic acids is 1. The van der Waals surface area contributed by atoms with Crippen LogP contribution in [-0.4, -0.2) is 26.4 Å². The van der Waals surface area contributed by atoms with Crippen molar-refractivity contribution in [3.05, 3.63) is 29.6 Å². The van der Waals surface area contributed by atoms with Gasteiger partial charge in [0.15, 0.2) is 5.17 Å². The Balaban J connectivity index is 3.00. The van der Waals surface area contributed by atoms with Gasteiger partial charge in [-0.25, -0.2) is 9.78 Å². The summed E-state index contributed by atoms with van der Waals surface area (Å²) in [7, 11) is 0. The minimum atomic E-state index is -1.12. The Labute approximate surface area is 78.3 Å². The van der Waals surface area contributed by atoms with E-state index in [4.69, 9.17) is 21.9 Å². The standard InChI is InChI=1S/C7H5ClN2O3/c8-6(10-13)4-1-2-5(7(11)12)9-3-4/h1-3,13H,(H,11,12). The fraction of sp³-hybridized carbons (Fsp3) is 0. The molecule has 0 unspecified atom stereocenters. The van der Waals surface area contributed by atoms with E-state index >= 15 is 0 Å². The van der Waals surface area contributed by atoms with Gasteiger partial charge in [0.1, 0.15) is 5.69 Å². The lowest BCUT2D eigenvalue weighted by Gasteiger charge is -1.96. The number of carboxylic acids is 1. The highest BCUT2D eigenvalue weighted by Gasteiger charge is 2.05. The van der Waals surface area contributed by atoms with E-state index in [9.17, 15) is 4.79 Å². The summed E-state index contributed by atoms with van der Waals surface area (Å²) in [4.78, 5) is 13.9. The second-order valence-corrected chi connectivity index (χ2v) is 2.49. The van der Waals surface area contributed by atoms with E-state index in [1.165, 1.54) is 18.3 Å². The van der Waals surface area contributed by atoms with Crippen LogP contribution in [0, 0.1) is 0 Å². The molecule has 0 aliphatic heterocycles. The number of carbonyl (C=O) groups is 1. The number of halogens is 1. The van der Waals surface area contributed by atoms with Crippen LogP contribution in [0.2, 0.25) is 0 Å². The summed E-state index contributed by atoms with van der Waals surface area (Å²) in [6.07, 6.45) is 1.21. The van der Waals surface area contributed by atoms with Gasteiger partial charge in [-0.2, -0.15) is 0 Å². The van der Waals surface area contributed by atoms with Crippen molar-refractivity contribution in [3.63, 3.8) is 0 Å². The van der Waals surface area contributed by atoms with Crippen LogP contribution in [0.3, 0.4) is 0 Å². The van der Waals surface area contributed by atoms with E-state index < -0.39 is 5.97 Å². The van der Waals surface area contributed by atoms with Crippen molar-refractivity contribution >= 4 is 22.7 Å². The van der Waals surface area contributed by atoms with Crippen LogP contribution in [-0.2, 0) is 0 Å². The first-order chi connectivity index (χ1) is 6.15. The molecule has 1 aromatic heterocycles. The van der Waals surface area contributed by atoms with Crippen molar-refractivity contribution in [1.82, 2.24) is 4.98 Å². The summed E-state index contributed by atoms with van der Waals surface area (Å²) in [5.74, 6) is -1.12. The van der Waals surface area contributed by atoms with Gasteiger partial charge in [0.25, 0.3) is 0 Å². The fourth-order valence-electron chi connectivity index (χ4n) is 0.700. The summed E-state index contributed by atoms with van der Waals surface area (Å²) in [6, 6.07) is 2.67. The summed E-state index contributed by atoms with van der Waals surface area (Å²) < 4.78 is 0. The normalized spacial score (nSPS) is 11.3. The van der Waals surface area contributed by atoms with Crippen molar-refractivity contribution in [2.45, 2.75) is 0 Å². The van der Waals surface area contributed by atoms with Crippen molar-refractivity contribution < 1.29 is 15.1 Å². The SMILES string of the molecule is O=C(O)c1ccc(C(Cl)=NO)cn1. The number of oxime groups is 1. The van der Waals surface area contributed by atoms with Crippen LogP contribution in [0.15, 0.2) is 23.5 Å². The van der Waals surface area contributed by atoms with Gasteiger partial charge in [-0.1, -0.05) is 16.8 Å². The molecule has 6 heteroatoms. The molecule has 13 heavy (non-hydrogen) atoms. The highest BCUT2D eigenvalue weighted by Crippen LogP contribution is 2.04. The van der Waals surface area contributed by atoms with Gasteiger partial charge in [0.05, 0.1) is 0 Å². The molecule has 0 saturated heterocycles. The number of nitrogens with zero attached hydrogens (tertiary/aromatic N) is 2. The number of rotatable bonds is 2. The van der Waals surface area contributed by atoms with E-state index in [-0.39, 0.29) is 10.9 Å². The van der Waals surface area contributed by atoms with Gasteiger partial charge >= 0.3 is 5.97 Å². The quantitative estimate of drug-likeness (QED) is 0.426. The van der Waals surface area contributed by atoms with Gasteiger partial charge in [-0.3, -0.25) is 0 Å². The average Bonchev–Trinajstić information content (AvgIpc) is 2.17. The van der Waals surface area contributed by atoms with E-state index in [0.717, 1.165) is 0 Å². The highest BCUT2D eigenvalue weighted by molar-refractivity contribution is 6.69. The smallest absolute Gasteiger partial charge is 0.354 e. The molecule has 5 nitrogen and oxygen atoms in total. The first kappa shape index (κ1) is 9.47. The molecule has 0 aromatic carbocycles. The zero-order chi connectivity index (χ0) is 9.84. The Hall–Kier alpha value is -1.62. The fourth-order valence-corrected chi connectivity index (χ4v) is 0.812. The average molecular weight is 201 g/mol. The topological polar surface area (TPSA) is 82.8 Å². The first-order valence-corrected chi connectivity index (χ1v) is 3.60. The lowest BCUT2D eigenvalue weighted by Crippen LogP contribution is -2.01. The van der Waals surface area contributed by atoms with Crippen LogP contribution in [0.5, 0.6) is 0 Å². The summed E-state index contributed by atoms with van der Waals surface area (Å²) in [6.45, 7) is 0. The Morgan fingerprint density at radius 3 is 2.62 bits per heavy atom. The maximum Gasteiger partial charge on any atom is 0.354 e. The molecular formula is C7H5ClN2O3. The zero-order valence-electron chi connectivity index (χ0n) is 6.31. The van der Waals surface area contributed by atoms with Crippen LogP contribution >= 0.6 is 11.6 Å². The zero-order valence-corrected chi connectivity index (χ0v) is 7.06. The minimum absolute atomic E-state index is 0.0915. The van der Waals surface area contributed by atoms with Crippen LogP contribution in [0.25, 0.3) is 0 Å². The first-order valence-electron chi connectivity index (χ1n) is 3.22. The molecule has 0 aliphatic carbocycles. The third-order valence-electron chi connectivity index (χ3n) is 1.31. The third kappa shape index (κ3) is 2.16. The van der Waals surface area contributed by atoms with Crippen molar-refractivity contribution in [2.24, 2.45) is 5.16 Å². The summed E-state index contributed by atoms with van der Waals surface area (Å²) >= 11 is 5.44. The predicted octanol–water partition coefficient (Wildman–Crippen LogP) is 1.15. The molecular weight excluding hydrogens is 196 g/mol. The molecule has 1 aromatic rings. The number of hydrogen-bond donors (Lipinski definition) is 2. The molecule has 0 bridgehead atoms.